The van der Waals surface area contributed by atoms with Crippen LogP contribution >= 0.6 is 0 Å². The monoisotopic (exact) mass is 475 g/mol. The number of ether oxygens (including phenoxy) is 1. The summed E-state index contributed by atoms with van der Waals surface area (Å²) in [6.45, 7) is 5.26. The van der Waals surface area contributed by atoms with Crippen molar-refractivity contribution in [2.24, 2.45) is 0 Å². The molecule has 8 nitrogen and oxygen atoms in total. The Morgan fingerprint density at radius 3 is 2.27 bits per heavy atom. The van der Waals surface area contributed by atoms with E-state index >= 15 is 0 Å². The van der Waals surface area contributed by atoms with Gasteiger partial charge in [-0.3, -0.25) is 13.9 Å². The van der Waals surface area contributed by atoms with Crippen molar-refractivity contribution < 1.29 is 22.7 Å². The molecule has 0 aliphatic heterocycles. The van der Waals surface area contributed by atoms with E-state index in [4.69, 9.17) is 4.74 Å². The Balaban J connectivity index is 2.42. The molecule has 0 saturated carbocycles. The number of sulfonamides is 1. The zero-order chi connectivity index (χ0) is 24.6. The number of rotatable bonds is 11. The summed E-state index contributed by atoms with van der Waals surface area (Å²) in [7, 11) is -2.30. The number of amides is 2. The lowest BCUT2D eigenvalue weighted by atomic mass is 10.1. The van der Waals surface area contributed by atoms with Gasteiger partial charge in [0, 0.05) is 18.7 Å². The summed E-state index contributed by atoms with van der Waals surface area (Å²) >= 11 is 0. The fourth-order valence-electron chi connectivity index (χ4n) is 3.46. The summed E-state index contributed by atoms with van der Waals surface area (Å²) in [5, 5.41) is 2.86. The minimum atomic E-state index is -3.79. The first-order valence-corrected chi connectivity index (χ1v) is 12.7. The third-order valence-electron chi connectivity index (χ3n) is 5.03. The van der Waals surface area contributed by atoms with Crippen molar-refractivity contribution in [1.82, 2.24) is 10.2 Å². The lowest BCUT2D eigenvalue weighted by Gasteiger charge is -2.33. The molecule has 33 heavy (non-hydrogen) atoms. The summed E-state index contributed by atoms with van der Waals surface area (Å²) in [6, 6.07) is 15.0. The second-order valence-corrected chi connectivity index (χ2v) is 9.97. The van der Waals surface area contributed by atoms with Gasteiger partial charge < -0.3 is 15.0 Å². The molecule has 180 valence electrons. The van der Waals surface area contributed by atoms with Crippen molar-refractivity contribution in [2.75, 3.05) is 24.2 Å². The molecule has 0 aliphatic carbocycles. The Morgan fingerprint density at radius 2 is 1.73 bits per heavy atom. The molecular weight excluding hydrogens is 442 g/mol. The van der Waals surface area contributed by atoms with Gasteiger partial charge in [-0.1, -0.05) is 43.3 Å². The molecule has 0 aromatic heterocycles. The van der Waals surface area contributed by atoms with Gasteiger partial charge in [-0.2, -0.15) is 0 Å². The molecule has 2 rings (SSSR count). The molecule has 0 heterocycles. The first kappa shape index (κ1) is 26.2. The van der Waals surface area contributed by atoms with Crippen LogP contribution < -0.4 is 14.4 Å². The van der Waals surface area contributed by atoms with Crippen LogP contribution in [0, 0.1) is 0 Å². The van der Waals surface area contributed by atoms with Crippen molar-refractivity contribution in [1.29, 1.82) is 0 Å². The Labute approximate surface area is 196 Å². The maximum atomic E-state index is 13.5. The average Bonchev–Trinajstić information content (AvgIpc) is 2.76. The van der Waals surface area contributed by atoms with E-state index in [2.05, 4.69) is 5.32 Å². The van der Waals surface area contributed by atoms with Gasteiger partial charge in [-0.15, -0.1) is 0 Å². The third-order valence-corrected chi connectivity index (χ3v) is 6.17. The molecule has 9 heteroatoms. The highest BCUT2D eigenvalue weighted by atomic mass is 32.2. The first-order chi connectivity index (χ1) is 15.6. The molecule has 1 atom stereocenters. The number of methoxy groups -OCH3 is 1. The van der Waals surface area contributed by atoms with Crippen molar-refractivity contribution >= 4 is 27.5 Å². The van der Waals surface area contributed by atoms with Gasteiger partial charge in [0.2, 0.25) is 21.8 Å². The Morgan fingerprint density at radius 1 is 1.06 bits per heavy atom. The Hall–Kier alpha value is -3.07. The van der Waals surface area contributed by atoms with E-state index in [1.54, 1.807) is 24.3 Å². The van der Waals surface area contributed by atoms with Crippen LogP contribution in [-0.2, 0) is 26.2 Å². The molecule has 2 aromatic carbocycles. The second-order valence-electron chi connectivity index (χ2n) is 8.07. The first-order valence-electron chi connectivity index (χ1n) is 10.8. The van der Waals surface area contributed by atoms with E-state index in [9.17, 15) is 18.0 Å². The number of nitrogens with zero attached hydrogens (tertiary/aromatic N) is 2. The van der Waals surface area contributed by atoms with Crippen LogP contribution in [0.15, 0.2) is 54.6 Å². The largest absolute Gasteiger partial charge is 0.497 e. The highest BCUT2D eigenvalue weighted by molar-refractivity contribution is 7.92. The fourth-order valence-corrected chi connectivity index (χ4v) is 4.30. The molecule has 0 bridgehead atoms. The van der Waals surface area contributed by atoms with Crippen molar-refractivity contribution in [3.63, 3.8) is 0 Å². The molecule has 0 radical (unpaired) electrons. The van der Waals surface area contributed by atoms with Gasteiger partial charge in [0.15, 0.2) is 0 Å². The predicted octanol–water partition coefficient (Wildman–Crippen LogP) is 2.79. The van der Waals surface area contributed by atoms with Crippen molar-refractivity contribution in [3.8, 4) is 5.75 Å². The van der Waals surface area contributed by atoms with Crippen LogP contribution in [0.2, 0.25) is 0 Å². The predicted molar refractivity (Wildman–Crippen MR) is 130 cm³/mol. The van der Waals surface area contributed by atoms with Gasteiger partial charge >= 0.3 is 0 Å². The maximum Gasteiger partial charge on any atom is 0.244 e. The highest BCUT2D eigenvalue weighted by Crippen LogP contribution is 2.24. The van der Waals surface area contributed by atoms with Crippen LogP contribution in [0.25, 0.3) is 0 Å². The summed E-state index contributed by atoms with van der Waals surface area (Å²) in [5.74, 6) is -0.278. The van der Waals surface area contributed by atoms with E-state index in [0.717, 1.165) is 16.1 Å². The number of carbonyl (C=O) groups excluding carboxylic acids is 2. The summed E-state index contributed by atoms with van der Waals surface area (Å²) in [5.41, 5.74) is 1.15. The molecule has 0 saturated heterocycles. The summed E-state index contributed by atoms with van der Waals surface area (Å²) < 4.78 is 31.4. The SMILES string of the molecule is CCC(C(=O)NC(C)C)N(Cc1ccccc1)C(=O)CN(c1cccc(OC)c1)S(C)(=O)=O. The van der Waals surface area contributed by atoms with Crippen LogP contribution in [0.3, 0.4) is 0 Å². The Kier molecular flexibility index (Phi) is 9.28. The topological polar surface area (TPSA) is 96.0 Å². The van der Waals surface area contributed by atoms with Crippen molar-refractivity contribution in [2.45, 2.75) is 45.8 Å². The fraction of sp³-hybridized carbons (Fsp3) is 0.417. The molecule has 2 amide bonds. The quantitative estimate of drug-likeness (QED) is 0.539. The van der Waals surface area contributed by atoms with Gasteiger partial charge in [0.25, 0.3) is 0 Å². The smallest absolute Gasteiger partial charge is 0.244 e. The van der Waals surface area contributed by atoms with Gasteiger partial charge in [0.05, 0.1) is 19.1 Å². The zero-order valence-corrected chi connectivity index (χ0v) is 20.6. The second kappa shape index (κ2) is 11.7. The minimum absolute atomic E-state index is 0.0930. The van der Waals surface area contributed by atoms with E-state index in [1.165, 1.54) is 12.0 Å². The Bertz CT molecular complexity index is 1040. The van der Waals surface area contributed by atoms with E-state index < -0.39 is 28.5 Å². The molecule has 0 aliphatic rings. The van der Waals surface area contributed by atoms with Crippen LogP contribution in [0.1, 0.15) is 32.8 Å². The average molecular weight is 476 g/mol. The molecule has 1 unspecified atom stereocenters. The van der Waals surface area contributed by atoms with Crippen LogP contribution in [-0.4, -0.2) is 57.1 Å². The summed E-state index contributed by atoms with van der Waals surface area (Å²) in [4.78, 5) is 27.9. The molecule has 1 N–H and O–H groups in total. The zero-order valence-electron chi connectivity index (χ0n) is 19.8. The number of benzene rings is 2. The van der Waals surface area contributed by atoms with E-state index in [0.29, 0.717) is 17.9 Å². The number of hydrogen-bond acceptors (Lipinski definition) is 5. The van der Waals surface area contributed by atoms with E-state index in [1.807, 2.05) is 51.1 Å². The lowest BCUT2D eigenvalue weighted by Crippen LogP contribution is -2.53. The standard InChI is InChI=1S/C24H33N3O5S/c1-6-22(24(29)25-18(2)3)26(16-19-11-8-7-9-12-19)23(28)17-27(33(5,30)31)20-13-10-14-21(15-20)32-4/h7-15,18,22H,6,16-17H2,1-5H3,(H,25,29). The molecule has 0 spiro atoms. The highest BCUT2D eigenvalue weighted by Gasteiger charge is 2.32. The minimum Gasteiger partial charge on any atom is -0.497 e. The molecular formula is C24H33N3O5S. The number of anilines is 1. The van der Waals surface area contributed by atoms with E-state index in [-0.39, 0.29) is 18.5 Å². The number of nitrogens with one attached hydrogen (secondary N) is 1. The molecule has 2 aromatic rings. The molecule has 0 fully saturated rings. The lowest BCUT2D eigenvalue weighted by molar-refractivity contribution is -0.140. The maximum absolute atomic E-state index is 13.5. The number of carbonyl (C=O) groups is 2. The van der Waals surface area contributed by atoms with Gasteiger partial charge in [-0.05, 0) is 38.0 Å². The normalized spacial score (nSPS) is 12.2. The van der Waals surface area contributed by atoms with Gasteiger partial charge in [0.1, 0.15) is 18.3 Å². The third kappa shape index (κ3) is 7.49. The number of hydrogen-bond donors (Lipinski definition) is 1. The summed E-state index contributed by atoms with van der Waals surface area (Å²) in [6.07, 6.45) is 1.43. The van der Waals surface area contributed by atoms with Crippen molar-refractivity contribution in [3.05, 3.63) is 60.2 Å². The van der Waals surface area contributed by atoms with Crippen LogP contribution in [0.4, 0.5) is 5.69 Å². The van der Waals surface area contributed by atoms with Gasteiger partial charge in [-0.25, -0.2) is 8.42 Å². The van der Waals surface area contributed by atoms with Crippen LogP contribution in [0.5, 0.6) is 5.75 Å².